The smallest absolute Gasteiger partial charge is 0.277 e. The summed E-state index contributed by atoms with van der Waals surface area (Å²) in [4.78, 5) is 12.2. The van der Waals surface area contributed by atoms with Crippen molar-refractivity contribution in [3.63, 3.8) is 0 Å². The van der Waals surface area contributed by atoms with Crippen LogP contribution in [0.3, 0.4) is 0 Å². The number of thioether (sulfide) groups is 1. The molecule has 0 aliphatic rings. The van der Waals surface area contributed by atoms with Crippen LogP contribution in [0, 0.1) is 6.92 Å². The lowest BCUT2D eigenvalue weighted by Crippen LogP contribution is -2.14. The summed E-state index contributed by atoms with van der Waals surface area (Å²) >= 11 is 4.64. The SMILES string of the molecule is COc1ccc(NC(=O)CSc2nnc(-c3ccccc3Br)o2)c(C)c1. The Balaban J connectivity index is 1.59. The van der Waals surface area contributed by atoms with Crippen LogP contribution in [0.2, 0.25) is 0 Å². The van der Waals surface area contributed by atoms with Crippen molar-refractivity contribution in [1.82, 2.24) is 10.2 Å². The van der Waals surface area contributed by atoms with E-state index < -0.39 is 0 Å². The number of anilines is 1. The van der Waals surface area contributed by atoms with Gasteiger partial charge in [0, 0.05) is 10.2 Å². The summed E-state index contributed by atoms with van der Waals surface area (Å²) in [6.07, 6.45) is 0. The fraction of sp³-hybridized carbons (Fsp3) is 0.167. The van der Waals surface area contributed by atoms with Crippen molar-refractivity contribution in [2.75, 3.05) is 18.2 Å². The normalized spacial score (nSPS) is 10.6. The minimum Gasteiger partial charge on any atom is -0.497 e. The molecular formula is C18H16BrN3O3S. The molecule has 0 aliphatic heterocycles. The van der Waals surface area contributed by atoms with Gasteiger partial charge in [-0.25, -0.2) is 0 Å². The van der Waals surface area contributed by atoms with Crippen molar-refractivity contribution < 1.29 is 13.9 Å². The molecule has 6 nitrogen and oxygen atoms in total. The van der Waals surface area contributed by atoms with Crippen molar-refractivity contribution in [3.05, 3.63) is 52.5 Å². The molecule has 0 unspecified atom stereocenters. The summed E-state index contributed by atoms with van der Waals surface area (Å²) in [6, 6.07) is 13.1. The number of amides is 1. The number of methoxy groups -OCH3 is 1. The third kappa shape index (κ3) is 4.44. The zero-order valence-corrected chi connectivity index (χ0v) is 16.6. The van der Waals surface area contributed by atoms with Crippen molar-refractivity contribution in [1.29, 1.82) is 0 Å². The van der Waals surface area contributed by atoms with Gasteiger partial charge >= 0.3 is 0 Å². The van der Waals surface area contributed by atoms with Crippen LogP contribution >= 0.6 is 27.7 Å². The summed E-state index contributed by atoms with van der Waals surface area (Å²) in [6.45, 7) is 1.91. The maximum Gasteiger partial charge on any atom is 0.277 e. The summed E-state index contributed by atoms with van der Waals surface area (Å²) < 4.78 is 11.6. The minimum atomic E-state index is -0.149. The topological polar surface area (TPSA) is 77.2 Å². The van der Waals surface area contributed by atoms with Crippen LogP contribution in [0.4, 0.5) is 5.69 Å². The van der Waals surface area contributed by atoms with E-state index in [9.17, 15) is 4.79 Å². The number of hydrogen-bond donors (Lipinski definition) is 1. The van der Waals surface area contributed by atoms with E-state index in [1.807, 2.05) is 43.3 Å². The van der Waals surface area contributed by atoms with Gasteiger partial charge < -0.3 is 14.5 Å². The van der Waals surface area contributed by atoms with Crippen LogP contribution in [0.1, 0.15) is 5.56 Å². The molecule has 0 atom stereocenters. The molecule has 26 heavy (non-hydrogen) atoms. The van der Waals surface area contributed by atoms with Crippen molar-refractivity contribution in [2.24, 2.45) is 0 Å². The number of ether oxygens (including phenoxy) is 1. The Morgan fingerprint density at radius 2 is 2.08 bits per heavy atom. The molecule has 0 bridgehead atoms. The summed E-state index contributed by atoms with van der Waals surface area (Å²) in [5.74, 6) is 1.18. The van der Waals surface area contributed by atoms with Gasteiger partial charge in [-0.2, -0.15) is 0 Å². The number of benzene rings is 2. The molecule has 134 valence electrons. The van der Waals surface area contributed by atoms with E-state index in [1.165, 1.54) is 11.8 Å². The highest BCUT2D eigenvalue weighted by Crippen LogP contribution is 2.29. The van der Waals surface area contributed by atoms with Crippen molar-refractivity contribution in [3.8, 4) is 17.2 Å². The summed E-state index contributed by atoms with van der Waals surface area (Å²) in [5.41, 5.74) is 2.48. The first-order valence-electron chi connectivity index (χ1n) is 7.72. The Kier molecular flexibility index (Phi) is 5.95. The number of aryl methyl sites for hydroxylation is 1. The molecule has 1 aromatic heterocycles. The second kappa shape index (κ2) is 8.37. The quantitative estimate of drug-likeness (QED) is 0.574. The second-order valence-corrected chi connectivity index (χ2v) is 7.15. The maximum atomic E-state index is 12.2. The molecule has 0 radical (unpaired) electrons. The molecule has 0 saturated heterocycles. The zero-order valence-electron chi connectivity index (χ0n) is 14.2. The van der Waals surface area contributed by atoms with Gasteiger partial charge in [-0.3, -0.25) is 4.79 Å². The number of rotatable bonds is 6. The number of nitrogens with one attached hydrogen (secondary N) is 1. The molecule has 1 amide bonds. The summed E-state index contributed by atoms with van der Waals surface area (Å²) in [5, 5.41) is 11.2. The van der Waals surface area contributed by atoms with Crippen LogP contribution in [0.15, 0.2) is 56.6 Å². The third-order valence-electron chi connectivity index (χ3n) is 3.55. The highest BCUT2D eigenvalue weighted by molar-refractivity contribution is 9.10. The molecule has 1 N–H and O–H groups in total. The van der Waals surface area contributed by atoms with Gasteiger partial charge in [-0.05, 0) is 58.7 Å². The fourth-order valence-electron chi connectivity index (χ4n) is 2.23. The average Bonchev–Trinajstić information content (AvgIpc) is 3.11. The Bertz CT molecular complexity index is 930. The van der Waals surface area contributed by atoms with Gasteiger partial charge in [0.05, 0.1) is 18.4 Å². The first-order chi connectivity index (χ1) is 12.6. The van der Waals surface area contributed by atoms with E-state index in [1.54, 1.807) is 13.2 Å². The standard InChI is InChI=1S/C18H16BrN3O3S/c1-11-9-12(24-2)7-8-15(11)20-16(23)10-26-18-22-21-17(25-18)13-5-3-4-6-14(13)19/h3-9H,10H2,1-2H3,(H,20,23). The molecule has 2 aromatic carbocycles. The number of aromatic nitrogens is 2. The molecule has 3 rings (SSSR count). The highest BCUT2D eigenvalue weighted by Gasteiger charge is 2.13. The molecule has 0 fully saturated rings. The van der Waals surface area contributed by atoms with E-state index in [0.29, 0.717) is 11.1 Å². The predicted octanol–water partition coefficient (Wildman–Crippen LogP) is 4.55. The maximum absolute atomic E-state index is 12.2. The zero-order chi connectivity index (χ0) is 18.5. The van der Waals surface area contributed by atoms with Gasteiger partial charge in [-0.15, -0.1) is 10.2 Å². The second-order valence-electron chi connectivity index (χ2n) is 5.37. The van der Waals surface area contributed by atoms with E-state index in [2.05, 4.69) is 31.4 Å². The van der Waals surface area contributed by atoms with Gasteiger partial charge in [0.15, 0.2) is 0 Å². The fourth-order valence-corrected chi connectivity index (χ4v) is 3.25. The molecule has 0 aliphatic carbocycles. The lowest BCUT2D eigenvalue weighted by molar-refractivity contribution is -0.113. The van der Waals surface area contributed by atoms with Crippen molar-refractivity contribution >= 4 is 39.3 Å². The number of hydrogen-bond acceptors (Lipinski definition) is 6. The van der Waals surface area contributed by atoms with Crippen LogP contribution in [-0.2, 0) is 4.79 Å². The van der Waals surface area contributed by atoms with Crippen LogP contribution < -0.4 is 10.1 Å². The van der Waals surface area contributed by atoms with Gasteiger partial charge in [0.1, 0.15) is 5.75 Å². The minimum absolute atomic E-state index is 0.149. The molecule has 0 spiro atoms. The highest BCUT2D eigenvalue weighted by atomic mass is 79.9. The van der Waals surface area contributed by atoms with E-state index in [-0.39, 0.29) is 11.7 Å². The van der Waals surface area contributed by atoms with E-state index >= 15 is 0 Å². The monoisotopic (exact) mass is 433 g/mol. The Labute approximate surface area is 163 Å². The largest absolute Gasteiger partial charge is 0.497 e. The van der Waals surface area contributed by atoms with Gasteiger partial charge in [0.25, 0.3) is 5.22 Å². The predicted molar refractivity (Wildman–Crippen MR) is 105 cm³/mol. The lowest BCUT2D eigenvalue weighted by atomic mass is 10.2. The average molecular weight is 434 g/mol. The number of nitrogens with zero attached hydrogens (tertiary/aromatic N) is 2. The first kappa shape index (κ1) is 18.5. The Hall–Kier alpha value is -2.32. The number of carbonyl (C=O) groups is 1. The third-order valence-corrected chi connectivity index (χ3v) is 5.06. The Morgan fingerprint density at radius 1 is 1.27 bits per heavy atom. The van der Waals surface area contributed by atoms with Gasteiger partial charge in [-0.1, -0.05) is 23.9 Å². The van der Waals surface area contributed by atoms with Crippen LogP contribution in [0.5, 0.6) is 5.75 Å². The van der Waals surface area contributed by atoms with Gasteiger partial charge in [0.2, 0.25) is 11.8 Å². The van der Waals surface area contributed by atoms with E-state index in [4.69, 9.17) is 9.15 Å². The molecule has 1 heterocycles. The van der Waals surface area contributed by atoms with Crippen LogP contribution in [0.25, 0.3) is 11.5 Å². The number of carbonyl (C=O) groups excluding carboxylic acids is 1. The van der Waals surface area contributed by atoms with Crippen molar-refractivity contribution in [2.45, 2.75) is 12.1 Å². The molecular weight excluding hydrogens is 418 g/mol. The number of halogens is 1. The summed E-state index contributed by atoms with van der Waals surface area (Å²) in [7, 11) is 1.61. The molecule has 0 saturated carbocycles. The Morgan fingerprint density at radius 3 is 2.81 bits per heavy atom. The van der Waals surface area contributed by atoms with E-state index in [0.717, 1.165) is 27.0 Å². The molecule has 8 heteroatoms. The first-order valence-corrected chi connectivity index (χ1v) is 9.50. The van der Waals surface area contributed by atoms with Crippen LogP contribution in [-0.4, -0.2) is 29.0 Å². The molecule has 3 aromatic rings. The lowest BCUT2D eigenvalue weighted by Gasteiger charge is -2.09.